The van der Waals surface area contributed by atoms with E-state index in [2.05, 4.69) is 49.0 Å². The average Bonchev–Trinajstić information content (AvgIpc) is 2.63. The SMILES string of the molecule is Cc1ccc(C)c(N=Cc2cc(Br)cc(Br)c2OCc2ccccc2F)c1. The van der Waals surface area contributed by atoms with Gasteiger partial charge in [0.05, 0.1) is 10.2 Å². The molecule has 3 rings (SSSR count). The smallest absolute Gasteiger partial charge is 0.142 e. The number of hydrogen-bond donors (Lipinski definition) is 0. The zero-order chi connectivity index (χ0) is 19.4. The van der Waals surface area contributed by atoms with Gasteiger partial charge in [-0.05, 0) is 65.2 Å². The van der Waals surface area contributed by atoms with E-state index in [4.69, 9.17) is 4.74 Å². The first-order valence-electron chi connectivity index (χ1n) is 8.40. The van der Waals surface area contributed by atoms with Crippen LogP contribution in [0.1, 0.15) is 22.3 Å². The molecule has 0 saturated heterocycles. The van der Waals surface area contributed by atoms with Gasteiger partial charge in [0, 0.05) is 21.8 Å². The molecular weight excluding hydrogens is 473 g/mol. The van der Waals surface area contributed by atoms with Crippen LogP contribution in [-0.4, -0.2) is 6.21 Å². The minimum absolute atomic E-state index is 0.136. The lowest BCUT2D eigenvalue weighted by Gasteiger charge is -2.12. The average molecular weight is 491 g/mol. The Morgan fingerprint density at radius 2 is 1.81 bits per heavy atom. The molecule has 0 aliphatic rings. The Bertz CT molecular complexity index is 1000. The molecule has 0 unspecified atom stereocenters. The molecule has 0 aliphatic heterocycles. The molecule has 0 aromatic heterocycles. The van der Waals surface area contributed by atoms with Gasteiger partial charge in [0.25, 0.3) is 0 Å². The van der Waals surface area contributed by atoms with Gasteiger partial charge in [-0.2, -0.15) is 0 Å². The molecular formula is C22H18Br2FNO. The van der Waals surface area contributed by atoms with Gasteiger partial charge >= 0.3 is 0 Å². The fourth-order valence-electron chi connectivity index (χ4n) is 2.59. The second-order valence-corrected chi connectivity index (χ2v) is 8.00. The normalized spacial score (nSPS) is 11.1. The third kappa shape index (κ3) is 5.05. The molecule has 5 heteroatoms. The van der Waals surface area contributed by atoms with Crippen molar-refractivity contribution in [3.63, 3.8) is 0 Å². The molecule has 27 heavy (non-hydrogen) atoms. The summed E-state index contributed by atoms with van der Waals surface area (Å²) in [6, 6.07) is 16.6. The maximum Gasteiger partial charge on any atom is 0.142 e. The summed E-state index contributed by atoms with van der Waals surface area (Å²) in [5.74, 6) is 0.340. The molecule has 0 saturated carbocycles. The summed E-state index contributed by atoms with van der Waals surface area (Å²) in [5, 5.41) is 0. The number of nitrogens with zero attached hydrogens (tertiary/aromatic N) is 1. The molecule has 0 aliphatic carbocycles. The van der Waals surface area contributed by atoms with Crippen molar-refractivity contribution >= 4 is 43.8 Å². The van der Waals surface area contributed by atoms with E-state index in [0.717, 1.165) is 31.3 Å². The van der Waals surface area contributed by atoms with Crippen molar-refractivity contribution in [3.05, 3.63) is 91.6 Å². The highest BCUT2D eigenvalue weighted by Gasteiger charge is 2.11. The van der Waals surface area contributed by atoms with E-state index in [9.17, 15) is 4.39 Å². The van der Waals surface area contributed by atoms with Crippen LogP contribution in [0.2, 0.25) is 0 Å². The van der Waals surface area contributed by atoms with E-state index in [1.807, 2.05) is 32.0 Å². The van der Waals surface area contributed by atoms with Crippen LogP contribution in [0.25, 0.3) is 0 Å². The standard InChI is InChI=1S/C22H18Br2FNO/c1-14-7-8-15(2)21(9-14)26-12-17-10-18(23)11-19(24)22(17)27-13-16-5-3-4-6-20(16)25/h3-12H,13H2,1-2H3. The van der Waals surface area contributed by atoms with Crippen molar-refractivity contribution in [1.82, 2.24) is 0 Å². The molecule has 0 heterocycles. The van der Waals surface area contributed by atoms with Crippen molar-refractivity contribution in [2.45, 2.75) is 20.5 Å². The van der Waals surface area contributed by atoms with Crippen molar-refractivity contribution in [2.24, 2.45) is 4.99 Å². The summed E-state index contributed by atoms with van der Waals surface area (Å²) in [6.07, 6.45) is 1.77. The van der Waals surface area contributed by atoms with E-state index in [-0.39, 0.29) is 12.4 Å². The highest BCUT2D eigenvalue weighted by Crippen LogP contribution is 2.33. The van der Waals surface area contributed by atoms with Gasteiger partial charge < -0.3 is 4.74 Å². The minimum Gasteiger partial charge on any atom is -0.487 e. The summed E-state index contributed by atoms with van der Waals surface area (Å²) >= 11 is 7.03. The third-order valence-electron chi connectivity index (χ3n) is 4.07. The number of benzene rings is 3. The van der Waals surface area contributed by atoms with E-state index in [1.165, 1.54) is 6.07 Å². The summed E-state index contributed by atoms with van der Waals surface area (Å²) in [4.78, 5) is 4.63. The molecule has 3 aromatic carbocycles. The second-order valence-electron chi connectivity index (χ2n) is 6.23. The van der Waals surface area contributed by atoms with Crippen molar-refractivity contribution in [1.29, 1.82) is 0 Å². The first kappa shape index (κ1) is 19.8. The van der Waals surface area contributed by atoms with Crippen LogP contribution in [0.15, 0.2) is 68.5 Å². The molecule has 0 atom stereocenters. The van der Waals surface area contributed by atoms with E-state index >= 15 is 0 Å². The quantitative estimate of drug-likeness (QED) is 0.344. The molecule has 2 nitrogen and oxygen atoms in total. The van der Waals surface area contributed by atoms with Gasteiger partial charge in [-0.25, -0.2) is 4.39 Å². The van der Waals surface area contributed by atoms with E-state index < -0.39 is 0 Å². The van der Waals surface area contributed by atoms with Gasteiger partial charge in [-0.15, -0.1) is 0 Å². The lowest BCUT2D eigenvalue weighted by atomic mass is 10.1. The number of halogens is 3. The topological polar surface area (TPSA) is 21.6 Å². The summed E-state index contributed by atoms with van der Waals surface area (Å²) < 4.78 is 21.5. The predicted octanol–water partition coefficient (Wildman–Crippen LogP) is 7.30. The number of ether oxygens (including phenoxy) is 1. The molecule has 0 bridgehead atoms. The highest BCUT2D eigenvalue weighted by molar-refractivity contribution is 9.11. The van der Waals surface area contributed by atoms with Crippen molar-refractivity contribution < 1.29 is 9.13 Å². The lowest BCUT2D eigenvalue weighted by Crippen LogP contribution is -2.01. The van der Waals surface area contributed by atoms with Gasteiger partial charge in [0.1, 0.15) is 18.2 Å². The Balaban J connectivity index is 1.92. The highest BCUT2D eigenvalue weighted by atomic mass is 79.9. The van der Waals surface area contributed by atoms with Crippen LogP contribution in [0.3, 0.4) is 0 Å². The van der Waals surface area contributed by atoms with Crippen molar-refractivity contribution in [2.75, 3.05) is 0 Å². The van der Waals surface area contributed by atoms with Crippen LogP contribution in [-0.2, 0) is 6.61 Å². The third-order valence-corrected chi connectivity index (χ3v) is 5.12. The predicted molar refractivity (Wildman–Crippen MR) is 116 cm³/mol. The first-order chi connectivity index (χ1) is 12.9. The van der Waals surface area contributed by atoms with Crippen LogP contribution in [0.4, 0.5) is 10.1 Å². The zero-order valence-electron chi connectivity index (χ0n) is 15.0. The monoisotopic (exact) mass is 489 g/mol. The Morgan fingerprint density at radius 3 is 2.59 bits per heavy atom. The van der Waals surface area contributed by atoms with Gasteiger partial charge in [0.15, 0.2) is 0 Å². The molecule has 0 radical (unpaired) electrons. The molecule has 0 fully saturated rings. The second kappa shape index (κ2) is 8.81. The molecule has 138 valence electrons. The zero-order valence-corrected chi connectivity index (χ0v) is 18.1. The molecule has 0 spiro atoms. The fraction of sp³-hybridized carbons (Fsp3) is 0.136. The molecule has 0 amide bonds. The number of aryl methyl sites for hydroxylation is 2. The number of rotatable bonds is 5. The van der Waals surface area contributed by atoms with Crippen LogP contribution in [0, 0.1) is 19.7 Å². The fourth-order valence-corrected chi connectivity index (χ4v) is 3.96. The van der Waals surface area contributed by atoms with Crippen molar-refractivity contribution in [3.8, 4) is 5.75 Å². The summed E-state index contributed by atoms with van der Waals surface area (Å²) in [6.45, 7) is 4.20. The van der Waals surface area contributed by atoms with Gasteiger partial charge in [-0.3, -0.25) is 4.99 Å². The van der Waals surface area contributed by atoms with Gasteiger partial charge in [0.2, 0.25) is 0 Å². The maximum absolute atomic E-state index is 13.9. The van der Waals surface area contributed by atoms with Crippen LogP contribution < -0.4 is 4.74 Å². The number of aliphatic imine (C=N–C) groups is 1. The largest absolute Gasteiger partial charge is 0.487 e. The Morgan fingerprint density at radius 1 is 1.04 bits per heavy atom. The van der Waals surface area contributed by atoms with Crippen LogP contribution >= 0.6 is 31.9 Å². The molecule has 3 aromatic rings. The van der Waals surface area contributed by atoms with Gasteiger partial charge in [-0.1, -0.05) is 46.3 Å². The Kier molecular flexibility index (Phi) is 6.45. The first-order valence-corrected chi connectivity index (χ1v) is 9.99. The van der Waals surface area contributed by atoms with E-state index in [1.54, 1.807) is 24.4 Å². The lowest BCUT2D eigenvalue weighted by molar-refractivity contribution is 0.297. The minimum atomic E-state index is -0.281. The summed E-state index contributed by atoms with van der Waals surface area (Å²) in [5.41, 5.74) is 4.46. The Labute approximate surface area is 175 Å². The van der Waals surface area contributed by atoms with Crippen LogP contribution in [0.5, 0.6) is 5.75 Å². The Hall–Kier alpha value is -1.98. The number of hydrogen-bond acceptors (Lipinski definition) is 2. The summed E-state index contributed by atoms with van der Waals surface area (Å²) in [7, 11) is 0. The van der Waals surface area contributed by atoms with E-state index in [0.29, 0.717) is 11.3 Å². The maximum atomic E-state index is 13.9. The molecule has 0 N–H and O–H groups in total.